The maximum absolute atomic E-state index is 12.6. The molecule has 0 radical (unpaired) electrons. The fourth-order valence-electron chi connectivity index (χ4n) is 2.34. The Morgan fingerprint density at radius 1 is 1.42 bits per heavy atom. The molecule has 0 unspecified atom stereocenters. The third-order valence-electron chi connectivity index (χ3n) is 4.28. The molecule has 2 heterocycles. The van der Waals surface area contributed by atoms with Crippen molar-refractivity contribution < 1.29 is 4.79 Å². The Labute approximate surface area is 147 Å². The minimum absolute atomic E-state index is 0.0338. The van der Waals surface area contributed by atoms with Crippen LogP contribution in [0.3, 0.4) is 0 Å². The van der Waals surface area contributed by atoms with Crippen molar-refractivity contribution in [2.75, 3.05) is 12.4 Å². The van der Waals surface area contributed by atoms with E-state index in [9.17, 15) is 4.79 Å². The molecule has 2 aromatic rings. The second-order valence-electron chi connectivity index (χ2n) is 6.08. The third kappa shape index (κ3) is 4.42. The number of carbonyl (C=O) groups is 1. The van der Waals surface area contributed by atoms with E-state index in [2.05, 4.69) is 41.6 Å². The van der Waals surface area contributed by atoms with Crippen molar-refractivity contribution in [2.24, 2.45) is 0 Å². The Morgan fingerprint density at radius 3 is 2.79 bits per heavy atom. The predicted octanol–water partition coefficient (Wildman–Crippen LogP) is 3.33. The van der Waals surface area contributed by atoms with E-state index < -0.39 is 0 Å². The summed E-state index contributed by atoms with van der Waals surface area (Å²) in [6, 6.07) is 1.84. The lowest BCUT2D eigenvalue weighted by Gasteiger charge is -2.23. The summed E-state index contributed by atoms with van der Waals surface area (Å²) >= 11 is 1.67. The van der Waals surface area contributed by atoms with Crippen LogP contribution in [0.4, 0.5) is 5.82 Å². The van der Waals surface area contributed by atoms with Crippen LogP contribution in [-0.2, 0) is 17.8 Å². The molecular weight excluding hydrogens is 322 g/mol. The van der Waals surface area contributed by atoms with Crippen LogP contribution in [0.2, 0.25) is 0 Å². The van der Waals surface area contributed by atoms with Crippen LogP contribution >= 0.6 is 11.3 Å². The van der Waals surface area contributed by atoms with Gasteiger partial charge < -0.3 is 5.32 Å². The van der Waals surface area contributed by atoms with Crippen LogP contribution in [0, 0.1) is 0 Å². The van der Waals surface area contributed by atoms with Crippen molar-refractivity contribution in [1.82, 2.24) is 19.7 Å². The van der Waals surface area contributed by atoms with E-state index in [-0.39, 0.29) is 18.0 Å². The number of carbonyl (C=O) groups excluding carboxylic acids is 1. The van der Waals surface area contributed by atoms with E-state index in [0.717, 1.165) is 29.4 Å². The van der Waals surface area contributed by atoms with Gasteiger partial charge in [0.2, 0.25) is 5.91 Å². The maximum atomic E-state index is 12.6. The molecule has 0 aliphatic rings. The summed E-state index contributed by atoms with van der Waals surface area (Å²) in [5, 5.41) is 10.5. The van der Waals surface area contributed by atoms with E-state index in [4.69, 9.17) is 0 Å². The monoisotopic (exact) mass is 349 g/mol. The molecule has 1 amide bonds. The molecule has 1 N–H and O–H groups in total. The van der Waals surface area contributed by atoms with Gasteiger partial charge >= 0.3 is 0 Å². The molecule has 0 aromatic carbocycles. The number of aromatic nitrogens is 3. The van der Waals surface area contributed by atoms with E-state index in [0.29, 0.717) is 6.54 Å². The van der Waals surface area contributed by atoms with Crippen LogP contribution in [0.1, 0.15) is 50.9 Å². The number of thiazole rings is 1. The Kier molecular flexibility index (Phi) is 6.51. The highest BCUT2D eigenvalue weighted by Gasteiger charge is 2.21. The molecule has 7 heteroatoms. The lowest BCUT2D eigenvalue weighted by Crippen LogP contribution is -2.39. The summed E-state index contributed by atoms with van der Waals surface area (Å²) in [5.41, 5.74) is 1.02. The average molecular weight is 350 g/mol. The summed E-state index contributed by atoms with van der Waals surface area (Å²) in [6.45, 7) is 8.86. The summed E-state index contributed by atoms with van der Waals surface area (Å²) in [5.74, 6) is 0.713. The number of hydrogen-bond donors (Lipinski definition) is 1. The van der Waals surface area contributed by atoms with Gasteiger partial charge in [-0.1, -0.05) is 13.8 Å². The first kappa shape index (κ1) is 18.6. The lowest BCUT2D eigenvalue weighted by molar-refractivity contribution is -0.120. The topological polar surface area (TPSA) is 63.1 Å². The van der Waals surface area contributed by atoms with E-state index >= 15 is 0 Å². The van der Waals surface area contributed by atoms with Gasteiger partial charge in [0.05, 0.1) is 29.0 Å². The highest BCUT2D eigenvalue weighted by molar-refractivity contribution is 7.09. The Hall–Kier alpha value is -1.73. The second-order valence-corrected chi connectivity index (χ2v) is 7.03. The van der Waals surface area contributed by atoms with Gasteiger partial charge in [-0.2, -0.15) is 5.10 Å². The van der Waals surface area contributed by atoms with Gasteiger partial charge in [0.15, 0.2) is 0 Å². The zero-order chi connectivity index (χ0) is 17.7. The Morgan fingerprint density at radius 2 is 2.17 bits per heavy atom. The number of likely N-dealkylation sites (N-methyl/N-ethyl adjacent to an activating group) is 1. The first-order valence-corrected chi connectivity index (χ1v) is 9.32. The van der Waals surface area contributed by atoms with E-state index in [1.807, 2.05) is 29.6 Å². The van der Waals surface area contributed by atoms with Gasteiger partial charge in [-0.05, 0) is 33.7 Å². The maximum Gasteiger partial charge on any atom is 0.242 e. The highest BCUT2D eigenvalue weighted by Crippen LogP contribution is 2.17. The highest BCUT2D eigenvalue weighted by atomic mass is 32.1. The van der Waals surface area contributed by atoms with Gasteiger partial charge in [-0.3, -0.25) is 9.69 Å². The zero-order valence-corrected chi connectivity index (χ0v) is 15.9. The van der Waals surface area contributed by atoms with Crippen molar-refractivity contribution in [3.63, 3.8) is 0 Å². The average Bonchev–Trinajstić information content (AvgIpc) is 3.22. The van der Waals surface area contributed by atoms with Crippen molar-refractivity contribution in [3.8, 4) is 0 Å². The minimum Gasteiger partial charge on any atom is -0.310 e. The summed E-state index contributed by atoms with van der Waals surface area (Å²) in [6.07, 6.45) is 3.63. The molecule has 2 aromatic heterocycles. The van der Waals surface area contributed by atoms with Gasteiger partial charge in [-0.15, -0.1) is 11.3 Å². The predicted molar refractivity (Wildman–Crippen MR) is 98.3 cm³/mol. The van der Waals surface area contributed by atoms with Gasteiger partial charge in [0.25, 0.3) is 0 Å². The number of nitrogens with one attached hydrogen (secondary N) is 1. The normalized spacial score (nSPS) is 13.9. The van der Waals surface area contributed by atoms with Crippen molar-refractivity contribution in [3.05, 3.63) is 28.3 Å². The van der Waals surface area contributed by atoms with Gasteiger partial charge in [-0.25, -0.2) is 9.67 Å². The molecule has 0 saturated heterocycles. The fourth-order valence-corrected chi connectivity index (χ4v) is 3.08. The first-order chi connectivity index (χ1) is 11.5. The third-order valence-corrected chi connectivity index (χ3v) is 5.33. The smallest absolute Gasteiger partial charge is 0.242 e. The number of anilines is 1. The van der Waals surface area contributed by atoms with Crippen LogP contribution in [0.25, 0.3) is 0 Å². The number of amides is 1. The van der Waals surface area contributed by atoms with Crippen LogP contribution in [-0.4, -0.2) is 38.7 Å². The van der Waals surface area contributed by atoms with Crippen LogP contribution in [0.5, 0.6) is 0 Å². The molecule has 0 aliphatic heterocycles. The summed E-state index contributed by atoms with van der Waals surface area (Å²) < 4.78 is 1.86. The molecule has 0 fully saturated rings. The van der Waals surface area contributed by atoms with Crippen LogP contribution in [0.15, 0.2) is 17.6 Å². The van der Waals surface area contributed by atoms with Gasteiger partial charge in [0.1, 0.15) is 5.82 Å². The molecule has 0 aliphatic carbocycles. The van der Waals surface area contributed by atoms with Crippen molar-refractivity contribution in [2.45, 2.75) is 59.2 Å². The largest absolute Gasteiger partial charge is 0.310 e. The standard InChI is InChI=1S/C17H27N5OS/c1-6-12(3)22-15(8-9-18-22)20-17(23)13(4)21(5)10-14-11-24-16(7-2)19-14/h8-9,11-13H,6-7,10H2,1-5H3,(H,20,23)/t12-,13+/m0/s1. The first-order valence-electron chi connectivity index (χ1n) is 8.44. The number of aryl methyl sites for hydroxylation is 1. The minimum atomic E-state index is -0.253. The molecule has 2 rings (SSSR count). The fraction of sp³-hybridized carbons (Fsp3) is 0.588. The lowest BCUT2D eigenvalue weighted by atomic mass is 10.2. The van der Waals surface area contributed by atoms with Crippen LogP contribution < -0.4 is 5.32 Å². The molecule has 6 nitrogen and oxygen atoms in total. The van der Waals surface area contributed by atoms with Crippen molar-refractivity contribution >= 4 is 23.1 Å². The number of nitrogens with zero attached hydrogens (tertiary/aromatic N) is 4. The molecule has 132 valence electrons. The molecule has 0 bridgehead atoms. The molecule has 0 saturated carbocycles. The molecule has 24 heavy (non-hydrogen) atoms. The SMILES string of the molecule is CCc1nc(CN(C)[C@H](C)C(=O)Nc2ccnn2[C@@H](C)CC)cs1. The Bertz CT molecular complexity index is 665. The number of hydrogen-bond acceptors (Lipinski definition) is 5. The van der Waals surface area contributed by atoms with Gasteiger partial charge in [0, 0.05) is 18.0 Å². The number of rotatable bonds is 8. The Balaban J connectivity index is 1.97. The molecule has 0 spiro atoms. The summed E-state index contributed by atoms with van der Waals surface area (Å²) in [7, 11) is 1.95. The van der Waals surface area contributed by atoms with Crippen molar-refractivity contribution in [1.29, 1.82) is 0 Å². The molecule has 2 atom stereocenters. The second kappa shape index (κ2) is 8.39. The molecular formula is C17H27N5OS. The zero-order valence-electron chi connectivity index (χ0n) is 15.1. The summed E-state index contributed by atoms with van der Waals surface area (Å²) in [4.78, 5) is 19.1. The quantitative estimate of drug-likeness (QED) is 0.794. The van der Waals surface area contributed by atoms with E-state index in [1.165, 1.54) is 0 Å². The van der Waals surface area contributed by atoms with E-state index in [1.54, 1.807) is 17.5 Å².